The molecule has 0 bridgehead atoms. The summed E-state index contributed by atoms with van der Waals surface area (Å²) in [5.41, 5.74) is 0.323. The van der Waals surface area contributed by atoms with Crippen LogP contribution in [0.2, 0.25) is 0 Å². The van der Waals surface area contributed by atoms with E-state index in [1.165, 1.54) is 12.1 Å². The van der Waals surface area contributed by atoms with Crippen LogP contribution < -0.4 is 0 Å². The number of hydrogen-bond acceptors (Lipinski definition) is 2. The van der Waals surface area contributed by atoms with Crippen LogP contribution in [0.3, 0.4) is 0 Å². The molecule has 5 heteroatoms. The van der Waals surface area contributed by atoms with Gasteiger partial charge in [-0.2, -0.15) is 0 Å². The molecule has 0 spiro atoms. The van der Waals surface area contributed by atoms with Gasteiger partial charge in [0.15, 0.2) is 0 Å². The lowest BCUT2D eigenvalue weighted by atomic mass is 10.1. The van der Waals surface area contributed by atoms with E-state index in [0.717, 1.165) is 43.8 Å². The summed E-state index contributed by atoms with van der Waals surface area (Å²) in [7, 11) is 0. The molecule has 0 radical (unpaired) electrons. The summed E-state index contributed by atoms with van der Waals surface area (Å²) in [5, 5.41) is 0.778. The Kier molecular flexibility index (Phi) is 4.69. The minimum atomic E-state index is -0.417. The van der Waals surface area contributed by atoms with Crippen LogP contribution in [0, 0.1) is 5.82 Å². The van der Waals surface area contributed by atoms with Gasteiger partial charge in [0.25, 0.3) is 5.91 Å². The van der Waals surface area contributed by atoms with Gasteiger partial charge >= 0.3 is 0 Å². The highest BCUT2D eigenvalue weighted by Crippen LogP contribution is 2.20. The first-order valence-corrected chi connectivity index (χ1v) is 7.33. The van der Waals surface area contributed by atoms with Gasteiger partial charge in [-0.1, -0.05) is 28.8 Å². The van der Waals surface area contributed by atoms with E-state index in [-0.39, 0.29) is 11.9 Å². The lowest BCUT2D eigenvalue weighted by Gasteiger charge is -2.28. The zero-order valence-electron chi connectivity index (χ0n) is 10.1. The Labute approximate surface area is 115 Å². The van der Waals surface area contributed by atoms with Gasteiger partial charge in [-0.15, -0.1) is 0 Å². The molecule has 1 saturated heterocycles. The highest BCUT2D eigenvalue weighted by molar-refractivity contribution is 9.09. The van der Waals surface area contributed by atoms with Gasteiger partial charge in [0.05, 0.1) is 6.20 Å². The van der Waals surface area contributed by atoms with E-state index in [1.807, 2.05) is 4.90 Å². The number of likely N-dealkylation sites (tertiary alicyclic amines) is 1. The molecule has 1 atom stereocenters. The van der Waals surface area contributed by atoms with Crippen LogP contribution in [0.5, 0.6) is 0 Å². The van der Waals surface area contributed by atoms with E-state index in [0.29, 0.717) is 5.69 Å². The van der Waals surface area contributed by atoms with Crippen molar-refractivity contribution in [3.63, 3.8) is 0 Å². The van der Waals surface area contributed by atoms with Crippen LogP contribution >= 0.6 is 15.9 Å². The molecule has 1 aliphatic rings. The molecule has 2 heterocycles. The van der Waals surface area contributed by atoms with Gasteiger partial charge in [-0.25, -0.2) is 9.37 Å². The second kappa shape index (κ2) is 6.27. The number of amides is 1. The number of carbonyl (C=O) groups is 1. The van der Waals surface area contributed by atoms with Gasteiger partial charge in [-0.05, 0) is 25.0 Å². The number of aromatic nitrogens is 1. The molecule has 18 heavy (non-hydrogen) atoms. The normalized spacial score (nSPS) is 20.6. The Bertz CT molecular complexity index is 410. The SMILES string of the molecule is O=C(c1ccc(F)cn1)N1CCCCCC1CBr. The summed E-state index contributed by atoms with van der Waals surface area (Å²) >= 11 is 3.46. The number of hydrogen-bond donors (Lipinski definition) is 0. The number of alkyl halides is 1. The van der Waals surface area contributed by atoms with Gasteiger partial charge < -0.3 is 4.90 Å². The minimum absolute atomic E-state index is 0.0960. The van der Waals surface area contributed by atoms with Gasteiger partial charge in [-0.3, -0.25) is 4.79 Å². The molecule has 1 unspecified atom stereocenters. The highest BCUT2D eigenvalue weighted by atomic mass is 79.9. The van der Waals surface area contributed by atoms with E-state index in [2.05, 4.69) is 20.9 Å². The number of halogens is 2. The second-order valence-electron chi connectivity index (χ2n) is 4.52. The van der Waals surface area contributed by atoms with E-state index in [1.54, 1.807) is 0 Å². The highest BCUT2D eigenvalue weighted by Gasteiger charge is 2.26. The summed E-state index contributed by atoms with van der Waals surface area (Å²) in [4.78, 5) is 18.1. The average molecular weight is 315 g/mol. The van der Waals surface area contributed by atoms with Crippen LogP contribution in [0.4, 0.5) is 4.39 Å². The van der Waals surface area contributed by atoms with Crippen molar-refractivity contribution in [2.45, 2.75) is 31.7 Å². The van der Waals surface area contributed by atoms with Crippen molar-refractivity contribution < 1.29 is 9.18 Å². The molecule has 2 rings (SSSR count). The maximum atomic E-state index is 12.8. The Balaban J connectivity index is 2.17. The fourth-order valence-electron chi connectivity index (χ4n) is 2.25. The van der Waals surface area contributed by atoms with Gasteiger partial charge in [0, 0.05) is 17.9 Å². The molecule has 1 aliphatic heterocycles. The molecule has 3 nitrogen and oxygen atoms in total. The third-order valence-corrected chi connectivity index (χ3v) is 4.01. The molecule has 0 N–H and O–H groups in total. The van der Waals surface area contributed by atoms with Crippen molar-refractivity contribution in [3.8, 4) is 0 Å². The summed E-state index contributed by atoms with van der Waals surface area (Å²) in [5.74, 6) is -0.513. The van der Waals surface area contributed by atoms with Gasteiger partial charge in [0.1, 0.15) is 11.5 Å². The van der Waals surface area contributed by atoms with Crippen LogP contribution in [0.1, 0.15) is 36.2 Å². The van der Waals surface area contributed by atoms with E-state index < -0.39 is 5.82 Å². The molecule has 1 aromatic rings. The Hall–Kier alpha value is -0.970. The first kappa shape index (κ1) is 13.5. The fourth-order valence-corrected chi connectivity index (χ4v) is 2.93. The quantitative estimate of drug-likeness (QED) is 0.786. The molecule has 1 amide bonds. The standard InChI is InChI=1S/C13H16BrFN2O/c14-8-11-4-2-1-3-7-17(11)13(18)12-6-5-10(15)9-16-12/h5-6,9,11H,1-4,7-8H2. The zero-order chi connectivity index (χ0) is 13.0. The van der Waals surface area contributed by atoms with Crippen molar-refractivity contribution in [3.05, 3.63) is 29.8 Å². The lowest BCUT2D eigenvalue weighted by Crippen LogP contribution is -2.41. The van der Waals surface area contributed by atoms with Crippen LogP contribution in [-0.2, 0) is 0 Å². The zero-order valence-corrected chi connectivity index (χ0v) is 11.7. The molecule has 98 valence electrons. The Morgan fingerprint density at radius 2 is 2.28 bits per heavy atom. The number of carbonyl (C=O) groups excluding carboxylic acids is 1. The summed E-state index contributed by atoms with van der Waals surface area (Å²) in [6, 6.07) is 2.95. The number of rotatable bonds is 2. The largest absolute Gasteiger partial charge is 0.333 e. The van der Waals surface area contributed by atoms with E-state index in [4.69, 9.17) is 0 Å². The van der Waals surface area contributed by atoms with Crippen molar-refractivity contribution in [1.82, 2.24) is 9.88 Å². The predicted octanol–water partition coefficient (Wildman–Crippen LogP) is 3.00. The Morgan fingerprint density at radius 1 is 1.44 bits per heavy atom. The summed E-state index contributed by atoms with van der Waals surface area (Å²) < 4.78 is 12.8. The van der Waals surface area contributed by atoms with Crippen molar-refractivity contribution in [1.29, 1.82) is 0 Å². The maximum absolute atomic E-state index is 12.8. The van der Waals surface area contributed by atoms with Crippen LogP contribution in [-0.4, -0.2) is 33.7 Å². The topological polar surface area (TPSA) is 33.2 Å². The Morgan fingerprint density at radius 3 is 2.94 bits per heavy atom. The molecule has 0 aliphatic carbocycles. The number of pyridine rings is 1. The first-order valence-electron chi connectivity index (χ1n) is 6.21. The van der Waals surface area contributed by atoms with E-state index in [9.17, 15) is 9.18 Å². The predicted molar refractivity (Wildman–Crippen MR) is 71.3 cm³/mol. The van der Waals surface area contributed by atoms with Crippen LogP contribution in [0.15, 0.2) is 18.3 Å². The third-order valence-electron chi connectivity index (χ3n) is 3.26. The average Bonchev–Trinajstić information content (AvgIpc) is 2.63. The van der Waals surface area contributed by atoms with Gasteiger partial charge in [0.2, 0.25) is 0 Å². The second-order valence-corrected chi connectivity index (χ2v) is 5.17. The molecule has 1 fully saturated rings. The minimum Gasteiger partial charge on any atom is -0.333 e. The first-order chi connectivity index (χ1) is 8.72. The smallest absolute Gasteiger partial charge is 0.272 e. The summed E-state index contributed by atoms with van der Waals surface area (Å²) in [6.07, 6.45) is 5.43. The molecule has 0 aromatic carbocycles. The van der Waals surface area contributed by atoms with Crippen molar-refractivity contribution in [2.24, 2.45) is 0 Å². The van der Waals surface area contributed by atoms with Crippen molar-refractivity contribution in [2.75, 3.05) is 11.9 Å². The molecular weight excluding hydrogens is 299 g/mol. The molecule has 1 aromatic heterocycles. The third kappa shape index (κ3) is 3.07. The number of nitrogens with zero attached hydrogens (tertiary/aromatic N) is 2. The maximum Gasteiger partial charge on any atom is 0.272 e. The van der Waals surface area contributed by atoms with E-state index >= 15 is 0 Å². The van der Waals surface area contributed by atoms with Crippen LogP contribution in [0.25, 0.3) is 0 Å². The van der Waals surface area contributed by atoms with Crippen molar-refractivity contribution >= 4 is 21.8 Å². The monoisotopic (exact) mass is 314 g/mol. The molecular formula is C13H16BrFN2O. The molecule has 0 saturated carbocycles. The lowest BCUT2D eigenvalue weighted by molar-refractivity contribution is 0.0696. The fraction of sp³-hybridized carbons (Fsp3) is 0.538. The summed E-state index contributed by atoms with van der Waals surface area (Å²) in [6.45, 7) is 0.758.